The Labute approximate surface area is 314 Å². The lowest BCUT2D eigenvalue weighted by molar-refractivity contribution is -0.384. The molecule has 2 aromatic heterocycles. The third-order valence-corrected chi connectivity index (χ3v) is 12.0. The van der Waals surface area contributed by atoms with E-state index in [4.69, 9.17) is 15.2 Å². The fraction of sp³-hybridized carbons (Fsp3) is 0.333. The molecule has 0 radical (unpaired) electrons. The number of ether oxygens (including phenoxy) is 2. The average molecular weight is 751 g/mol. The van der Waals surface area contributed by atoms with E-state index in [9.17, 15) is 19.3 Å². The number of piperazine rings is 1. The second kappa shape index (κ2) is 13.8. The number of pyridine rings is 1. The summed E-state index contributed by atoms with van der Waals surface area (Å²) in [5, 5.41) is 11.6. The number of nitrogens with two attached hydrogens (primary N) is 1. The fourth-order valence-corrected chi connectivity index (χ4v) is 8.90. The molecule has 3 aromatic carbocycles. The number of nitro benzene ring substituents is 1. The van der Waals surface area contributed by atoms with Gasteiger partial charge in [-0.05, 0) is 72.3 Å². The number of nitro groups is 1. The van der Waals surface area contributed by atoms with Gasteiger partial charge in [-0.1, -0.05) is 12.1 Å². The quantitative estimate of drug-likeness (QED) is 0.0652. The van der Waals surface area contributed by atoms with E-state index in [-0.39, 0.29) is 39.2 Å². The summed E-state index contributed by atoms with van der Waals surface area (Å²) in [6.07, 6.45) is 6.06. The van der Waals surface area contributed by atoms with Gasteiger partial charge in [-0.15, -0.1) is 0 Å². The highest BCUT2D eigenvalue weighted by molar-refractivity contribution is 7.98. The molecule has 4 aliphatic rings. The Morgan fingerprint density at radius 3 is 2.76 bits per heavy atom. The van der Waals surface area contributed by atoms with Gasteiger partial charge in [0.15, 0.2) is 0 Å². The van der Waals surface area contributed by atoms with Crippen LogP contribution in [0.2, 0.25) is 0 Å². The van der Waals surface area contributed by atoms with E-state index in [1.165, 1.54) is 48.5 Å². The van der Waals surface area contributed by atoms with Gasteiger partial charge in [0.05, 0.1) is 28.7 Å². The molecule has 2 saturated heterocycles. The van der Waals surface area contributed by atoms with Crippen LogP contribution >= 0.6 is 11.9 Å². The number of amides is 1. The summed E-state index contributed by atoms with van der Waals surface area (Å²) >= 11 is 0.933. The van der Waals surface area contributed by atoms with Gasteiger partial charge >= 0.3 is 0 Å². The first-order valence-corrected chi connectivity index (χ1v) is 18.9. The Bertz CT molecular complexity index is 2260. The van der Waals surface area contributed by atoms with E-state index in [0.717, 1.165) is 82.2 Å². The third kappa shape index (κ3) is 6.67. The first-order chi connectivity index (χ1) is 26.2. The van der Waals surface area contributed by atoms with Gasteiger partial charge < -0.3 is 25.1 Å². The molecule has 0 bridgehead atoms. The summed E-state index contributed by atoms with van der Waals surface area (Å²) in [4.78, 5) is 39.3. The Hall–Kier alpha value is -5.38. The van der Waals surface area contributed by atoms with Crippen molar-refractivity contribution in [1.29, 1.82) is 0 Å². The molecule has 0 atom stereocenters. The highest BCUT2D eigenvalue weighted by Gasteiger charge is 2.54. The highest BCUT2D eigenvalue weighted by atomic mass is 32.2. The van der Waals surface area contributed by atoms with Crippen molar-refractivity contribution in [2.75, 3.05) is 56.5 Å². The minimum Gasteiger partial charge on any atom is -0.493 e. The molecule has 54 heavy (non-hydrogen) atoms. The van der Waals surface area contributed by atoms with Crippen molar-refractivity contribution in [3.8, 4) is 17.2 Å². The zero-order chi connectivity index (χ0) is 37.0. The van der Waals surface area contributed by atoms with E-state index in [1.807, 2.05) is 12.1 Å². The fourth-order valence-electron chi connectivity index (χ4n) is 8.28. The lowest BCUT2D eigenvalue weighted by atomic mass is 9.60. The molecular weight excluding hydrogens is 712 g/mol. The SMILES string of the molecule is Nc1ccc(SNC(=O)c2ccc(N3CC4(CC(N5CCN(Cc6ccc7c(c6)OCC7)CC5)C4)C3)cc2Oc2cnc3[nH]cc(F)c3c2)cc1[N+](=O)[O-]. The van der Waals surface area contributed by atoms with Gasteiger partial charge in [-0.25, -0.2) is 9.37 Å². The number of H-pyrrole nitrogens is 1. The summed E-state index contributed by atoms with van der Waals surface area (Å²) in [6, 6.07) is 18.6. The summed E-state index contributed by atoms with van der Waals surface area (Å²) in [7, 11) is 0. The molecule has 9 rings (SSSR count). The zero-order valence-corrected chi connectivity index (χ0v) is 30.2. The van der Waals surface area contributed by atoms with Crippen molar-refractivity contribution in [3.05, 3.63) is 106 Å². The molecular formula is C39H39FN8O5S. The Morgan fingerprint density at radius 2 is 1.94 bits per heavy atom. The molecule has 3 fully saturated rings. The number of aromatic nitrogens is 2. The lowest BCUT2D eigenvalue weighted by Gasteiger charge is -2.62. The Balaban J connectivity index is 0.840. The van der Waals surface area contributed by atoms with Crippen LogP contribution in [0.3, 0.4) is 0 Å². The maximum atomic E-state index is 14.4. The molecule has 1 aliphatic carbocycles. The number of carbonyl (C=O) groups is 1. The largest absolute Gasteiger partial charge is 0.493 e. The van der Waals surface area contributed by atoms with Crippen LogP contribution in [0.1, 0.15) is 34.3 Å². The maximum Gasteiger partial charge on any atom is 0.293 e. The van der Waals surface area contributed by atoms with Gasteiger partial charge in [0, 0.05) is 92.6 Å². The number of nitrogens with one attached hydrogen (secondary N) is 2. The second-order valence-corrected chi connectivity index (χ2v) is 15.6. The van der Waals surface area contributed by atoms with Gasteiger partial charge in [0.25, 0.3) is 11.6 Å². The summed E-state index contributed by atoms with van der Waals surface area (Å²) < 4.78 is 29.2. The summed E-state index contributed by atoms with van der Waals surface area (Å²) in [5.74, 6) is 0.683. The molecule has 15 heteroatoms. The zero-order valence-electron chi connectivity index (χ0n) is 29.4. The van der Waals surface area contributed by atoms with Crippen LogP contribution in [0, 0.1) is 21.3 Å². The molecule has 3 aliphatic heterocycles. The monoisotopic (exact) mass is 750 g/mol. The maximum absolute atomic E-state index is 14.4. The molecule has 1 saturated carbocycles. The van der Waals surface area contributed by atoms with Crippen LogP contribution in [0.15, 0.2) is 78.0 Å². The van der Waals surface area contributed by atoms with Crippen molar-refractivity contribution < 1.29 is 23.6 Å². The van der Waals surface area contributed by atoms with Crippen LogP contribution in [0.5, 0.6) is 17.2 Å². The number of rotatable bonds is 10. The smallest absolute Gasteiger partial charge is 0.293 e. The normalized spacial score (nSPS) is 18.2. The van der Waals surface area contributed by atoms with Crippen LogP contribution in [0.25, 0.3) is 11.0 Å². The molecule has 5 heterocycles. The Morgan fingerprint density at radius 1 is 1.11 bits per heavy atom. The predicted molar refractivity (Wildman–Crippen MR) is 204 cm³/mol. The number of nitrogens with zero attached hydrogens (tertiary/aromatic N) is 5. The second-order valence-electron chi connectivity index (χ2n) is 14.8. The highest BCUT2D eigenvalue weighted by Crippen LogP contribution is 2.52. The van der Waals surface area contributed by atoms with Crippen molar-refractivity contribution in [1.82, 2.24) is 24.5 Å². The van der Waals surface area contributed by atoms with Gasteiger partial charge in [-0.2, -0.15) is 0 Å². The van der Waals surface area contributed by atoms with Gasteiger partial charge in [0.1, 0.15) is 34.4 Å². The summed E-state index contributed by atoms with van der Waals surface area (Å²) in [5.41, 5.74) is 9.99. The number of nitrogen functional groups attached to an aromatic ring is 1. The third-order valence-electron chi connectivity index (χ3n) is 11.2. The topological polar surface area (TPSA) is 155 Å². The molecule has 5 aromatic rings. The summed E-state index contributed by atoms with van der Waals surface area (Å²) in [6.45, 7) is 7.87. The number of fused-ring (bicyclic) bond motifs is 2. The minimum absolute atomic E-state index is 0.0347. The first-order valence-electron chi connectivity index (χ1n) is 18.1. The number of halogens is 1. The average Bonchev–Trinajstić information content (AvgIpc) is 3.76. The van der Waals surface area contributed by atoms with Crippen molar-refractivity contribution >= 4 is 46.0 Å². The van der Waals surface area contributed by atoms with Crippen molar-refractivity contribution in [2.45, 2.75) is 36.7 Å². The molecule has 0 unspecified atom stereocenters. The lowest BCUT2D eigenvalue weighted by Crippen LogP contribution is -2.68. The number of anilines is 2. The van der Waals surface area contributed by atoms with E-state index in [1.54, 1.807) is 18.2 Å². The number of hydrogen-bond acceptors (Lipinski definition) is 11. The van der Waals surface area contributed by atoms with Crippen molar-refractivity contribution in [2.24, 2.45) is 5.41 Å². The van der Waals surface area contributed by atoms with E-state index >= 15 is 0 Å². The predicted octanol–water partition coefficient (Wildman–Crippen LogP) is 6.14. The number of aromatic amines is 1. The van der Waals surface area contributed by atoms with E-state index in [2.05, 4.69) is 47.6 Å². The van der Waals surface area contributed by atoms with E-state index < -0.39 is 16.6 Å². The standard InChI is InChI=1S/C39H39FN8O5S/c40-32-20-43-37-31(32)15-28(19-42-37)53-36-14-26(3-5-30(36)38(49)44-54-29-4-6-33(41)34(16-29)48(50)51)47-22-39(23-47)17-27(18-39)46-10-8-45(9-11-46)21-24-1-2-25-7-12-52-35(25)13-24/h1-6,13-16,19-20,27H,7-12,17-18,21-23,41H2,(H,42,43)(H,44,49). The minimum atomic E-state index is -0.567. The van der Waals surface area contributed by atoms with Crippen LogP contribution in [-0.2, 0) is 13.0 Å². The van der Waals surface area contributed by atoms with Crippen molar-refractivity contribution in [3.63, 3.8) is 0 Å². The van der Waals surface area contributed by atoms with Gasteiger partial charge in [0.2, 0.25) is 0 Å². The number of benzene rings is 3. The molecule has 13 nitrogen and oxygen atoms in total. The number of carbonyl (C=O) groups excluding carboxylic acids is 1. The van der Waals surface area contributed by atoms with Gasteiger partial charge in [-0.3, -0.25) is 29.4 Å². The molecule has 4 N–H and O–H groups in total. The number of hydrogen-bond donors (Lipinski definition) is 3. The van der Waals surface area contributed by atoms with E-state index in [0.29, 0.717) is 16.6 Å². The Kier molecular flexibility index (Phi) is 8.79. The van der Waals surface area contributed by atoms with Crippen LogP contribution < -0.4 is 24.8 Å². The molecule has 1 spiro atoms. The molecule has 278 valence electrons. The van der Waals surface area contributed by atoms with Crippen LogP contribution in [-0.4, -0.2) is 82.5 Å². The first kappa shape index (κ1) is 34.4. The molecule has 1 amide bonds. The van der Waals surface area contributed by atoms with Crippen LogP contribution in [0.4, 0.5) is 21.5 Å².